The van der Waals surface area contributed by atoms with Crippen LogP contribution in [0.4, 0.5) is 0 Å². The summed E-state index contributed by atoms with van der Waals surface area (Å²) in [4.78, 5) is 26.9. The number of hydrogen-bond donors (Lipinski definition) is 2. The number of furan rings is 1. The summed E-state index contributed by atoms with van der Waals surface area (Å²) >= 11 is 0. The van der Waals surface area contributed by atoms with Crippen molar-refractivity contribution in [1.82, 2.24) is 36.0 Å². The van der Waals surface area contributed by atoms with Crippen LogP contribution in [-0.4, -0.2) is 50.0 Å². The molecule has 1 aromatic carbocycles. The van der Waals surface area contributed by atoms with Crippen LogP contribution in [0.25, 0.3) is 5.69 Å². The molecule has 10 nitrogen and oxygen atoms in total. The molecular weight excluding hydrogens is 362 g/mol. The number of benzene rings is 1. The zero-order valence-corrected chi connectivity index (χ0v) is 15.6. The molecule has 0 aliphatic rings. The second kappa shape index (κ2) is 8.91. The third-order valence-electron chi connectivity index (χ3n) is 4.19. The Morgan fingerprint density at radius 1 is 1.07 bits per heavy atom. The Morgan fingerprint density at radius 3 is 2.54 bits per heavy atom. The molecule has 2 amide bonds. The van der Waals surface area contributed by atoms with Crippen LogP contribution in [0.1, 0.15) is 40.5 Å². The highest BCUT2D eigenvalue weighted by atomic mass is 16.4. The van der Waals surface area contributed by atoms with Crippen LogP contribution >= 0.6 is 0 Å². The molecule has 0 saturated carbocycles. The molecule has 0 saturated heterocycles. The summed E-state index contributed by atoms with van der Waals surface area (Å²) in [5.41, 5.74) is 5.53. The minimum atomic E-state index is -0.543. The predicted molar refractivity (Wildman–Crippen MR) is 99.4 cm³/mol. The molecule has 146 valence electrons. The van der Waals surface area contributed by atoms with Crippen molar-refractivity contribution < 1.29 is 14.0 Å². The Bertz CT molecular complexity index is 932. The van der Waals surface area contributed by atoms with Gasteiger partial charge in [0, 0.05) is 0 Å². The molecular formula is C18H21N7O3. The van der Waals surface area contributed by atoms with Crippen LogP contribution < -0.4 is 10.9 Å². The first kappa shape index (κ1) is 19.2. The second-order valence-electron chi connectivity index (χ2n) is 5.91. The number of carbonyl (C=O) groups is 2. The summed E-state index contributed by atoms with van der Waals surface area (Å²) in [6, 6.07) is 10.1. The van der Waals surface area contributed by atoms with Crippen LogP contribution in [0.15, 0.2) is 47.1 Å². The maximum absolute atomic E-state index is 12.5. The van der Waals surface area contributed by atoms with E-state index in [2.05, 4.69) is 45.1 Å². The van der Waals surface area contributed by atoms with E-state index in [1.807, 2.05) is 0 Å². The van der Waals surface area contributed by atoms with Gasteiger partial charge in [-0.3, -0.25) is 25.3 Å². The van der Waals surface area contributed by atoms with E-state index >= 15 is 0 Å². The minimum absolute atomic E-state index is 0.121. The molecule has 0 atom stereocenters. The van der Waals surface area contributed by atoms with Gasteiger partial charge in [-0.2, -0.15) is 4.68 Å². The number of aromatic nitrogens is 4. The molecule has 3 rings (SSSR count). The lowest BCUT2D eigenvalue weighted by Gasteiger charge is -2.15. The average Bonchev–Trinajstić information content (AvgIpc) is 3.42. The molecule has 2 N–H and O–H groups in total. The van der Waals surface area contributed by atoms with Gasteiger partial charge in [0.1, 0.15) is 12.1 Å². The normalized spacial score (nSPS) is 10.8. The van der Waals surface area contributed by atoms with Crippen molar-refractivity contribution in [3.8, 4) is 5.69 Å². The van der Waals surface area contributed by atoms with Gasteiger partial charge in [0.15, 0.2) is 5.76 Å². The quantitative estimate of drug-likeness (QED) is 0.588. The highest BCUT2D eigenvalue weighted by Crippen LogP contribution is 2.13. The molecule has 0 radical (unpaired) electrons. The smallest absolute Gasteiger partial charge is 0.305 e. The van der Waals surface area contributed by atoms with Crippen molar-refractivity contribution in [1.29, 1.82) is 0 Å². The summed E-state index contributed by atoms with van der Waals surface area (Å²) in [7, 11) is 0. The van der Waals surface area contributed by atoms with E-state index in [9.17, 15) is 9.59 Å². The fourth-order valence-corrected chi connectivity index (χ4v) is 2.63. The van der Waals surface area contributed by atoms with Gasteiger partial charge in [-0.15, -0.1) is 5.10 Å². The maximum atomic E-state index is 12.5. The maximum Gasteiger partial charge on any atom is 0.305 e. The largest absolute Gasteiger partial charge is 0.454 e. The fourth-order valence-electron chi connectivity index (χ4n) is 2.63. The molecule has 2 heterocycles. The standard InChI is InChI=1S/C18H21N7O3/c1-3-24(4-2)11-13-9-10-16(28-13)18(27)21-20-17(26)14-7-5-6-8-15(14)25-12-19-22-23-25/h5-10,12H,3-4,11H2,1-2H3,(H,20,26)(H,21,27). The molecule has 0 aliphatic carbocycles. The number of tetrazole rings is 1. The summed E-state index contributed by atoms with van der Waals surface area (Å²) in [5.74, 6) is -0.242. The van der Waals surface area contributed by atoms with Crippen LogP contribution in [-0.2, 0) is 6.54 Å². The van der Waals surface area contributed by atoms with Gasteiger partial charge < -0.3 is 4.42 Å². The third-order valence-corrected chi connectivity index (χ3v) is 4.19. The second-order valence-corrected chi connectivity index (χ2v) is 5.91. The van der Waals surface area contributed by atoms with Crippen LogP contribution in [0.5, 0.6) is 0 Å². The summed E-state index contributed by atoms with van der Waals surface area (Å²) in [6.07, 6.45) is 1.38. The van der Waals surface area contributed by atoms with Crippen molar-refractivity contribution in [2.45, 2.75) is 20.4 Å². The Kier molecular flexibility index (Phi) is 6.12. The van der Waals surface area contributed by atoms with E-state index in [1.54, 1.807) is 36.4 Å². The van der Waals surface area contributed by atoms with E-state index in [1.165, 1.54) is 11.0 Å². The van der Waals surface area contributed by atoms with Gasteiger partial charge in [0.2, 0.25) is 0 Å². The first-order valence-electron chi connectivity index (χ1n) is 8.86. The number of hydrogen-bond acceptors (Lipinski definition) is 7. The van der Waals surface area contributed by atoms with Gasteiger partial charge >= 0.3 is 5.91 Å². The number of para-hydroxylation sites is 1. The lowest BCUT2D eigenvalue weighted by atomic mass is 10.1. The lowest BCUT2D eigenvalue weighted by molar-refractivity contribution is 0.0828. The van der Waals surface area contributed by atoms with Gasteiger partial charge in [-0.25, -0.2) is 0 Å². The molecule has 0 bridgehead atoms. The molecule has 0 spiro atoms. The highest BCUT2D eigenvalue weighted by molar-refractivity contribution is 6.00. The zero-order chi connectivity index (χ0) is 19.9. The molecule has 2 aromatic heterocycles. The number of nitrogens with one attached hydrogen (secondary N) is 2. The summed E-state index contributed by atoms with van der Waals surface area (Å²) < 4.78 is 6.93. The van der Waals surface area contributed by atoms with Crippen LogP contribution in [0, 0.1) is 0 Å². The number of nitrogens with zero attached hydrogens (tertiary/aromatic N) is 5. The Hall–Kier alpha value is -3.53. The van der Waals surface area contributed by atoms with Crippen molar-refractivity contribution in [2.24, 2.45) is 0 Å². The molecule has 10 heteroatoms. The molecule has 3 aromatic rings. The number of rotatable bonds is 7. The molecule has 28 heavy (non-hydrogen) atoms. The summed E-state index contributed by atoms with van der Waals surface area (Å²) in [5, 5.41) is 10.9. The monoisotopic (exact) mass is 383 g/mol. The van der Waals surface area contributed by atoms with Crippen LogP contribution in [0.3, 0.4) is 0 Å². The third kappa shape index (κ3) is 4.41. The van der Waals surface area contributed by atoms with Gasteiger partial charge in [0.25, 0.3) is 5.91 Å². The number of hydrazine groups is 1. The van der Waals surface area contributed by atoms with Gasteiger partial charge in [-0.1, -0.05) is 26.0 Å². The molecule has 0 fully saturated rings. The van der Waals surface area contributed by atoms with Crippen molar-refractivity contribution >= 4 is 11.8 Å². The fraction of sp³-hybridized carbons (Fsp3) is 0.278. The minimum Gasteiger partial charge on any atom is -0.454 e. The lowest BCUT2D eigenvalue weighted by Crippen LogP contribution is -2.41. The number of carbonyl (C=O) groups excluding carboxylic acids is 2. The Balaban J connectivity index is 1.63. The van der Waals surface area contributed by atoms with Crippen molar-refractivity contribution in [2.75, 3.05) is 13.1 Å². The summed E-state index contributed by atoms with van der Waals surface area (Å²) in [6.45, 7) is 6.50. The van der Waals surface area contributed by atoms with Gasteiger partial charge in [0.05, 0.1) is 17.8 Å². The highest BCUT2D eigenvalue weighted by Gasteiger charge is 2.16. The molecule has 0 unspecified atom stereocenters. The first-order valence-corrected chi connectivity index (χ1v) is 8.86. The Morgan fingerprint density at radius 2 is 1.82 bits per heavy atom. The Labute approximate surface area is 161 Å². The average molecular weight is 383 g/mol. The van der Waals surface area contributed by atoms with E-state index < -0.39 is 11.8 Å². The van der Waals surface area contributed by atoms with Crippen molar-refractivity contribution in [3.63, 3.8) is 0 Å². The topological polar surface area (TPSA) is 118 Å². The van der Waals surface area contributed by atoms with E-state index in [0.717, 1.165) is 13.1 Å². The van der Waals surface area contributed by atoms with Crippen LogP contribution in [0.2, 0.25) is 0 Å². The van der Waals surface area contributed by atoms with E-state index in [-0.39, 0.29) is 5.76 Å². The zero-order valence-electron chi connectivity index (χ0n) is 15.6. The van der Waals surface area contributed by atoms with E-state index in [0.29, 0.717) is 23.6 Å². The van der Waals surface area contributed by atoms with Crippen molar-refractivity contribution in [3.05, 3.63) is 59.8 Å². The SMILES string of the molecule is CCN(CC)Cc1ccc(C(=O)NNC(=O)c2ccccc2-n2cnnn2)o1. The molecule has 0 aliphatic heterocycles. The van der Waals surface area contributed by atoms with Gasteiger partial charge in [-0.05, 0) is 47.8 Å². The predicted octanol–water partition coefficient (Wildman–Crippen LogP) is 1.17. The number of amides is 2. The first-order chi connectivity index (χ1) is 13.6. The van der Waals surface area contributed by atoms with E-state index in [4.69, 9.17) is 4.42 Å².